The molecular weight excluding hydrogens is 238 g/mol. The van der Waals surface area contributed by atoms with E-state index in [2.05, 4.69) is 41.2 Å². The molecular formula is C15H21N3O. The number of fused-ring (bicyclic) bond motifs is 1. The van der Waals surface area contributed by atoms with E-state index >= 15 is 0 Å². The minimum Gasteiger partial charge on any atom is -0.384 e. The Balaban J connectivity index is 1.78. The number of carbonyl (C=O) groups is 1. The molecule has 0 spiro atoms. The summed E-state index contributed by atoms with van der Waals surface area (Å²) in [4.78, 5) is 17.1. The highest BCUT2D eigenvalue weighted by molar-refractivity contribution is 5.88. The topological polar surface area (TPSA) is 35.6 Å². The standard InChI is InChI=1S/C15H21N3O/c1-11-10-17(2)7-8-18(11)15(19)13-9-16-14-6-4-3-5-12(13)14/h3-6,11,13,16H,7-10H2,1-2H3. The van der Waals surface area contributed by atoms with Crippen LogP contribution in [0.1, 0.15) is 18.4 Å². The Kier molecular flexibility index (Phi) is 3.19. The summed E-state index contributed by atoms with van der Waals surface area (Å²) >= 11 is 0. The number of carbonyl (C=O) groups excluding carboxylic acids is 1. The number of benzene rings is 1. The van der Waals surface area contributed by atoms with Gasteiger partial charge in [0, 0.05) is 37.9 Å². The predicted molar refractivity (Wildman–Crippen MR) is 76.3 cm³/mol. The molecule has 0 aromatic heterocycles. The molecule has 3 rings (SSSR count). The highest BCUT2D eigenvalue weighted by atomic mass is 16.2. The van der Waals surface area contributed by atoms with Crippen molar-refractivity contribution in [2.24, 2.45) is 0 Å². The minimum atomic E-state index is -0.0120. The zero-order valence-corrected chi connectivity index (χ0v) is 11.6. The van der Waals surface area contributed by atoms with Gasteiger partial charge in [0.25, 0.3) is 0 Å². The molecule has 2 aliphatic rings. The molecule has 1 saturated heterocycles. The molecule has 19 heavy (non-hydrogen) atoms. The SMILES string of the molecule is CC1CN(C)CCN1C(=O)C1CNc2ccccc21. The zero-order valence-electron chi connectivity index (χ0n) is 11.6. The van der Waals surface area contributed by atoms with Gasteiger partial charge in [-0.25, -0.2) is 0 Å². The van der Waals surface area contributed by atoms with Crippen molar-refractivity contribution in [2.45, 2.75) is 18.9 Å². The molecule has 1 N–H and O–H groups in total. The minimum absolute atomic E-state index is 0.0120. The van der Waals surface area contributed by atoms with Crippen molar-refractivity contribution in [1.29, 1.82) is 0 Å². The maximum atomic E-state index is 12.7. The van der Waals surface area contributed by atoms with Gasteiger partial charge >= 0.3 is 0 Å². The third-order valence-electron chi connectivity index (χ3n) is 4.24. The van der Waals surface area contributed by atoms with E-state index in [0.29, 0.717) is 6.04 Å². The number of nitrogens with one attached hydrogen (secondary N) is 1. The van der Waals surface area contributed by atoms with Crippen LogP contribution in [0.15, 0.2) is 24.3 Å². The van der Waals surface area contributed by atoms with Crippen LogP contribution in [-0.2, 0) is 4.79 Å². The molecule has 0 saturated carbocycles. The molecule has 2 aliphatic heterocycles. The van der Waals surface area contributed by atoms with E-state index in [4.69, 9.17) is 0 Å². The van der Waals surface area contributed by atoms with Crippen molar-refractivity contribution < 1.29 is 4.79 Å². The van der Waals surface area contributed by atoms with Gasteiger partial charge in [-0.05, 0) is 25.6 Å². The van der Waals surface area contributed by atoms with Crippen molar-refractivity contribution in [2.75, 3.05) is 38.5 Å². The quantitative estimate of drug-likeness (QED) is 0.827. The Morgan fingerprint density at radius 2 is 2.11 bits per heavy atom. The number of anilines is 1. The Hall–Kier alpha value is -1.55. The van der Waals surface area contributed by atoms with E-state index < -0.39 is 0 Å². The molecule has 0 aliphatic carbocycles. The highest BCUT2D eigenvalue weighted by Gasteiger charge is 2.35. The van der Waals surface area contributed by atoms with Gasteiger partial charge < -0.3 is 15.1 Å². The highest BCUT2D eigenvalue weighted by Crippen LogP contribution is 2.33. The molecule has 0 bridgehead atoms. The summed E-state index contributed by atoms with van der Waals surface area (Å²) in [5.74, 6) is 0.264. The van der Waals surface area contributed by atoms with E-state index in [9.17, 15) is 4.79 Å². The summed E-state index contributed by atoms with van der Waals surface area (Å²) in [6.45, 7) is 5.65. The number of para-hydroxylation sites is 1. The summed E-state index contributed by atoms with van der Waals surface area (Å²) < 4.78 is 0. The molecule has 0 radical (unpaired) electrons. The predicted octanol–water partition coefficient (Wildman–Crippen LogP) is 1.36. The molecule has 2 unspecified atom stereocenters. The first-order chi connectivity index (χ1) is 9.16. The van der Waals surface area contributed by atoms with Crippen LogP contribution < -0.4 is 5.32 Å². The van der Waals surface area contributed by atoms with Crippen LogP contribution in [0.5, 0.6) is 0 Å². The lowest BCUT2D eigenvalue weighted by atomic mass is 9.98. The second-order valence-electron chi connectivity index (χ2n) is 5.66. The number of hydrogen-bond donors (Lipinski definition) is 1. The smallest absolute Gasteiger partial charge is 0.232 e. The fourth-order valence-corrected chi connectivity index (χ4v) is 3.17. The first-order valence-corrected chi connectivity index (χ1v) is 6.98. The van der Waals surface area contributed by atoms with Crippen LogP contribution in [0.2, 0.25) is 0 Å². The van der Waals surface area contributed by atoms with Gasteiger partial charge in [0.05, 0.1) is 5.92 Å². The summed E-state index contributed by atoms with van der Waals surface area (Å²) in [5.41, 5.74) is 2.27. The first kappa shape index (κ1) is 12.5. The fraction of sp³-hybridized carbons (Fsp3) is 0.533. The third-order valence-corrected chi connectivity index (χ3v) is 4.24. The summed E-state index contributed by atoms with van der Waals surface area (Å²) in [6.07, 6.45) is 0. The molecule has 102 valence electrons. The van der Waals surface area contributed by atoms with Crippen LogP contribution in [0.4, 0.5) is 5.69 Å². The molecule has 4 nitrogen and oxygen atoms in total. The number of nitrogens with zero attached hydrogens (tertiary/aromatic N) is 2. The van der Waals surface area contributed by atoms with Crippen molar-refractivity contribution in [3.05, 3.63) is 29.8 Å². The second kappa shape index (κ2) is 4.85. The maximum Gasteiger partial charge on any atom is 0.232 e. The molecule has 1 aromatic rings. The molecule has 1 amide bonds. The lowest BCUT2D eigenvalue weighted by Gasteiger charge is -2.39. The number of hydrogen-bond acceptors (Lipinski definition) is 3. The summed E-state index contributed by atoms with van der Waals surface area (Å²) in [7, 11) is 2.12. The van der Waals surface area contributed by atoms with E-state index in [0.717, 1.165) is 37.4 Å². The van der Waals surface area contributed by atoms with Gasteiger partial charge in [0.2, 0.25) is 5.91 Å². The van der Waals surface area contributed by atoms with Crippen molar-refractivity contribution >= 4 is 11.6 Å². The van der Waals surface area contributed by atoms with Gasteiger partial charge in [0.15, 0.2) is 0 Å². The Labute approximate surface area is 114 Å². The van der Waals surface area contributed by atoms with Crippen LogP contribution in [0.25, 0.3) is 0 Å². The average Bonchev–Trinajstić information content (AvgIpc) is 2.82. The van der Waals surface area contributed by atoms with Gasteiger partial charge in [-0.15, -0.1) is 0 Å². The van der Waals surface area contributed by atoms with Crippen molar-refractivity contribution in [3.63, 3.8) is 0 Å². The molecule has 1 fully saturated rings. The summed E-state index contributed by atoms with van der Waals surface area (Å²) in [6, 6.07) is 8.45. The number of likely N-dealkylation sites (N-methyl/N-ethyl adjacent to an activating group) is 1. The van der Waals surface area contributed by atoms with Crippen molar-refractivity contribution in [3.8, 4) is 0 Å². The number of rotatable bonds is 1. The van der Waals surface area contributed by atoms with Crippen LogP contribution in [-0.4, -0.2) is 55.0 Å². The molecule has 2 heterocycles. The van der Waals surface area contributed by atoms with Crippen LogP contribution >= 0.6 is 0 Å². The van der Waals surface area contributed by atoms with E-state index in [1.165, 1.54) is 0 Å². The van der Waals surface area contributed by atoms with Gasteiger partial charge in [-0.3, -0.25) is 4.79 Å². The van der Waals surface area contributed by atoms with Gasteiger partial charge in [-0.2, -0.15) is 0 Å². The zero-order chi connectivity index (χ0) is 13.4. The number of piperazine rings is 1. The Bertz CT molecular complexity index is 488. The normalized spacial score (nSPS) is 26.9. The number of amides is 1. The maximum absolute atomic E-state index is 12.7. The fourth-order valence-electron chi connectivity index (χ4n) is 3.17. The monoisotopic (exact) mass is 259 g/mol. The summed E-state index contributed by atoms with van der Waals surface area (Å²) in [5, 5.41) is 3.34. The van der Waals surface area contributed by atoms with Crippen molar-refractivity contribution in [1.82, 2.24) is 9.80 Å². The van der Waals surface area contributed by atoms with Gasteiger partial charge in [0.1, 0.15) is 0 Å². The Morgan fingerprint density at radius 1 is 1.32 bits per heavy atom. The molecule has 2 atom stereocenters. The first-order valence-electron chi connectivity index (χ1n) is 6.98. The van der Waals surface area contributed by atoms with E-state index in [-0.39, 0.29) is 11.8 Å². The largest absolute Gasteiger partial charge is 0.384 e. The second-order valence-corrected chi connectivity index (χ2v) is 5.66. The Morgan fingerprint density at radius 3 is 2.89 bits per heavy atom. The average molecular weight is 259 g/mol. The van der Waals surface area contributed by atoms with E-state index in [1.807, 2.05) is 12.1 Å². The molecule has 1 aromatic carbocycles. The van der Waals surface area contributed by atoms with Gasteiger partial charge in [-0.1, -0.05) is 18.2 Å². The van der Waals surface area contributed by atoms with Crippen LogP contribution in [0, 0.1) is 0 Å². The molecule has 4 heteroatoms. The van der Waals surface area contributed by atoms with E-state index in [1.54, 1.807) is 0 Å². The third kappa shape index (κ3) is 2.21. The van der Waals surface area contributed by atoms with Crippen LogP contribution in [0.3, 0.4) is 0 Å². The lowest BCUT2D eigenvalue weighted by molar-refractivity contribution is -0.136. The lowest BCUT2D eigenvalue weighted by Crippen LogP contribution is -2.54.